The highest BCUT2D eigenvalue weighted by atomic mass is 16.4. The lowest BCUT2D eigenvalue weighted by Crippen LogP contribution is -2.60. The Kier molecular flexibility index (Phi) is 29.1. The zero-order chi connectivity index (χ0) is 56.9. The van der Waals surface area contributed by atoms with Crippen molar-refractivity contribution in [3.05, 3.63) is 47.2 Å². The lowest BCUT2D eigenvalue weighted by Gasteiger charge is -2.28. The smallest absolute Gasteiger partial charge is 0.352 e. The molecular weight excluding hydrogens is 997 g/mol. The Labute approximate surface area is 439 Å². The summed E-state index contributed by atoms with van der Waals surface area (Å²) in [6.45, 7) is 0.853. The lowest BCUT2D eigenvalue weighted by atomic mass is 10.0. The van der Waals surface area contributed by atoms with Crippen molar-refractivity contribution in [3.63, 3.8) is 0 Å². The number of aliphatic carboxylic acids is 1. The van der Waals surface area contributed by atoms with Crippen LogP contribution in [-0.2, 0) is 49.6 Å². The van der Waals surface area contributed by atoms with Crippen LogP contribution in [0.4, 0.5) is 0 Å². The monoisotopic (exact) mass is 1070 g/mol. The fourth-order valence-electron chi connectivity index (χ4n) is 7.54. The van der Waals surface area contributed by atoms with E-state index >= 15 is 0 Å². The summed E-state index contributed by atoms with van der Waals surface area (Å²) in [5.74, 6) is -10.1. The number of hydrogen-bond donors (Lipinski definition) is 17. The summed E-state index contributed by atoms with van der Waals surface area (Å²) in [5, 5.41) is 54.0. The second kappa shape index (κ2) is 34.2. The van der Waals surface area contributed by atoms with Crippen LogP contribution in [0.5, 0.6) is 0 Å². The predicted octanol–water partition coefficient (Wildman–Crippen LogP) is -5.44. The van der Waals surface area contributed by atoms with Gasteiger partial charge in [-0.2, -0.15) is 0 Å². The van der Waals surface area contributed by atoms with E-state index in [1.54, 1.807) is 0 Å². The number of aliphatic imine (C=N–C) groups is 1. The third kappa shape index (κ3) is 22.6. The molecule has 29 nitrogen and oxygen atoms in total. The number of likely N-dealkylation sites (tertiary alicyclic amines) is 1. The standard InChI is InChI=1S/C47H76N16O13/c1-26(57-43(71)37(35(64)24-51)62-39(67)29(52)9-2-4-18-48)38(66)56-25-36(65)58-31(11-6-20-50)44(72)63-22-8-13-34(63)42(70)61-33(23-27-14-16-28(17-15-27)45(73)74)41(69)59-30(10-3-5-19-49)40(68)60-32(46(75)76)12-7-21-55-47(53)54/h12,14-17,26,29-30,33-35,37,64H,2-11,13,18-25,48-52H2,1H3,(H,56,66)(H,57,71)(H,59,69)(H,60,68)(H,61,70)(H,62,67)(H,73,74)(H,75,76)(H4,53,54,55)/b32-12-,58-31+/t26-,29-,30-,33-,34-,35-,37-/m0/s1. The number of nitrogens with zero attached hydrogens (tertiary/aromatic N) is 2. The van der Waals surface area contributed by atoms with Crippen LogP contribution in [-0.4, -0.2) is 179 Å². The van der Waals surface area contributed by atoms with Gasteiger partial charge in [0, 0.05) is 26.1 Å². The number of guanidine groups is 1. The molecule has 1 aliphatic heterocycles. The summed E-state index contributed by atoms with van der Waals surface area (Å²) in [7, 11) is 0. The molecule has 0 saturated carbocycles. The minimum absolute atomic E-state index is 0.0103. The van der Waals surface area contributed by atoms with E-state index in [1.807, 2.05) is 0 Å². The fourth-order valence-corrected chi connectivity index (χ4v) is 7.54. The number of benzene rings is 1. The summed E-state index contributed by atoms with van der Waals surface area (Å²) in [6, 6.07) is -2.57. The SMILES string of the molecule is C[C@H](NC(=O)[C@@H](NC(=O)[C@@H](N)CCCCN)[C@@H](O)CN)C(=O)NCC(=O)/N=C(\CCCN)C(=O)N1CCC[C@H]1C(=O)N[C@@H](Cc1ccc(C(=O)O)cc1)C(=O)N[C@@H](CCCCN)C(=O)N/C(=C\CCNC(=N)N)C(=O)O. The Hall–Kier alpha value is -7.44. The molecule has 1 aromatic carbocycles. The number of carbonyl (C=O) groups excluding carboxylic acids is 8. The van der Waals surface area contributed by atoms with Gasteiger partial charge in [-0.1, -0.05) is 24.6 Å². The zero-order valence-electron chi connectivity index (χ0n) is 42.6. The lowest BCUT2D eigenvalue weighted by molar-refractivity contribution is -0.137. The molecule has 422 valence electrons. The summed E-state index contributed by atoms with van der Waals surface area (Å²) in [4.78, 5) is 137. The maximum atomic E-state index is 14.2. The maximum absolute atomic E-state index is 14.2. The first kappa shape index (κ1) is 64.7. The maximum Gasteiger partial charge on any atom is 0.352 e. The molecule has 0 radical (unpaired) electrons. The number of carboxylic acids is 2. The molecule has 23 N–H and O–H groups in total. The first-order chi connectivity index (χ1) is 36.1. The number of nitrogens with one attached hydrogen (secondary N) is 8. The summed E-state index contributed by atoms with van der Waals surface area (Å²) in [6.07, 6.45) is 1.99. The van der Waals surface area contributed by atoms with Crippen molar-refractivity contribution >= 4 is 70.9 Å². The van der Waals surface area contributed by atoms with Crippen LogP contribution < -0.4 is 71.6 Å². The van der Waals surface area contributed by atoms with Gasteiger partial charge in [0.1, 0.15) is 41.6 Å². The van der Waals surface area contributed by atoms with Crippen LogP contribution in [0.15, 0.2) is 41.0 Å². The van der Waals surface area contributed by atoms with E-state index in [0.717, 1.165) is 4.90 Å². The van der Waals surface area contributed by atoms with Crippen molar-refractivity contribution in [1.29, 1.82) is 5.41 Å². The van der Waals surface area contributed by atoms with E-state index in [4.69, 9.17) is 39.8 Å². The van der Waals surface area contributed by atoms with Gasteiger partial charge in [0.25, 0.3) is 11.8 Å². The average molecular weight is 1070 g/mol. The molecule has 1 saturated heterocycles. The molecule has 2 rings (SSSR count). The van der Waals surface area contributed by atoms with Gasteiger partial charge in [-0.15, -0.1) is 0 Å². The minimum Gasteiger partial charge on any atom is -0.478 e. The Morgan fingerprint density at radius 1 is 0.789 bits per heavy atom. The van der Waals surface area contributed by atoms with Crippen LogP contribution in [0.3, 0.4) is 0 Å². The second-order valence-electron chi connectivity index (χ2n) is 17.8. The molecule has 76 heavy (non-hydrogen) atoms. The summed E-state index contributed by atoms with van der Waals surface area (Å²) < 4.78 is 0. The number of aliphatic hydroxyl groups excluding tert-OH is 1. The zero-order valence-corrected chi connectivity index (χ0v) is 42.6. The van der Waals surface area contributed by atoms with Crippen LogP contribution in [0.25, 0.3) is 0 Å². The molecule has 0 aromatic heterocycles. The third-order valence-electron chi connectivity index (χ3n) is 11.8. The largest absolute Gasteiger partial charge is 0.478 e. The van der Waals surface area contributed by atoms with Crippen molar-refractivity contribution in [3.8, 4) is 0 Å². The van der Waals surface area contributed by atoms with E-state index in [0.29, 0.717) is 44.2 Å². The summed E-state index contributed by atoms with van der Waals surface area (Å²) in [5.41, 5.74) is 33.1. The Morgan fingerprint density at radius 3 is 2.03 bits per heavy atom. The third-order valence-corrected chi connectivity index (χ3v) is 11.8. The van der Waals surface area contributed by atoms with Crippen molar-refractivity contribution in [2.24, 2.45) is 39.4 Å². The highest BCUT2D eigenvalue weighted by Gasteiger charge is 2.38. The molecule has 0 aliphatic carbocycles. The first-order valence-corrected chi connectivity index (χ1v) is 24.9. The molecular formula is C47H76N16O13. The molecule has 8 amide bonds. The summed E-state index contributed by atoms with van der Waals surface area (Å²) >= 11 is 0. The molecule has 1 fully saturated rings. The predicted molar refractivity (Wildman–Crippen MR) is 276 cm³/mol. The van der Waals surface area contributed by atoms with Crippen LogP contribution in [0.2, 0.25) is 0 Å². The fraction of sp³-hybridized carbons (Fsp3) is 0.574. The van der Waals surface area contributed by atoms with E-state index in [9.17, 15) is 63.3 Å². The topological polar surface area (TPSA) is 511 Å². The molecule has 1 aliphatic rings. The van der Waals surface area contributed by atoms with Crippen LogP contribution >= 0.6 is 0 Å². The number of carboxylic acid groups (broad SMARTS) is 2. The van der Waals surface area contributed by atoms with E-state index in [-0.39, 0.29) is 88.4 Å². The van der Waals surface area contributed by atoms with Crippen molar-refractivity contribution in [1.82, 2.24) is 42.1 Å². The van der Waals surface area contributed by atoms with Gasteiger partial charge in [0.2, 0.25) is 35.4 Å². The van der Waals surface area contributed by atoms with Gasteiger partial charge in [0.15, 0.2) is 5.96 Å². The Morgan fingerprint density at radius 2 is 1.43 bits per heavy atom. The van der Waals surface area contributed by atoms with Gasteiger partial charge in [-0.25, -0.2) is 14.6 Å². The molecule has 29 heteroatoms. The van der Waals surface area contributed by atoms with Gasteiger partial charge < -0.3 is 91.8 Å². The second-order valence-corrected chi connectivity index (χ2v) is 17.8. The average Bonchev–Trinajstić information content (AvgIpc) is 3.88. The van der Waals surface area contributed by atoms with Crippen molar-refractivity contribution in [2.45, 2.75) is 126 Å². The van der Waals surface area contributed by atoms with Gasteiger partial charge in [0.05, 0.1) is 24.3 Å². The first-order valence-electron chi connectivity index (χ1n) is 24.9. The van der Waals surface area contributed by atoms with Gasteiger partial charge >= 0.3 is 11.9 Å². The molecule has 0 unspecified atom stereocenters. The number of hydrogen-bond acceptors (Lipinski definition) is 17. The molecule has 1 heterocycles. The Balaban J connectivity index is 2.34. The number of amides is 8. The highest BCUT2D eigenvalue weighted by Crippen LogP contribution is 2.20. The number of aliphatic hydroxyl groups is 1. The Bertz CT molecular complexity index is 2250. The molecule has 0 bridgehead atoms. The van der Waals surface area contributed by atoms with Crippen LogP contribution in [0.1, 0.15) is 93.5 Å². The molecule has 1 aromatic rings. The number of rotatable bonds is 34. The van der Waals surface area contributed by atoms with Crippen LogP contribution in [0, 0.1) is 5.41 Å². The van der Waals surface area contributed by atoms with E-state index in [1.165, 1.54) is 37.3 Å². The minimum atomic E-state index is -1.59. The number of nitrogens with two attached hydrogens (primary N) is 6. The van der Waals surface area contributed by atoms with Crippen molar-refractivity contribution < 1.29 is 63.3 Å². The number of aromatic carboxylic acids is 1. The van der Waals surface area contributed by atoms with Gasteiger partial charge in [-0.3, -0.25) is 43.8 Å². The number of carbonyl (C=O) groups is 10. The van der Waals surface area contributed by atoms with E-state index < -0.39 is 120 Å². The van der Waals surface area contributed by atoms with Crippen molar-refractivity contribution in [2.75, 3.05) is 45.8 Å². The molecule has 0 spiro atoms. The van der Waals surface area contributed by atoms with Gasteiger partial charge in [-0.05, 0) is 108 Å². The van der Waals surface area contributed by atoms with E-state index in [2.05, 4.69) is 42.2 Å². The normalized spacial score (nSPS) is 15.9. The number of unbranched alkanes of at least 4 members (excludes halogenated alkanes) is 2. The highest BCUT2D eigenvalue weighted by molar-refractivity contribution is 6.40. The molecule has 7 atom stereocenters. The quantitative estimate of drug-likeness (QED) is 0.0133.